The first-order chi connectivity index (χ1) is 8.61. The van der Waals surface area contributed by atoms with Crippen molar-refractivity contribution in [2.75, 3.05) is 13.2 Å². The first-order valence-corrected chi connectivity index (χ1v) is 6.35. The Morgan fingerprint density at radius 3 is 2.61 bits per heavy atom. The first kappa shape index (κ1) is 14.4. The third kappa shape index (κ3) is 5.57. The van der Waals surface area contributed by atoms with Crippen molar-refractivity contribution in [2.24, 2.45) is 0 Å². The Hall–Kier alpha value is -1.71. The molecular formula is C14H22N2O2. The van der Waals surface area contributed by atoms with Crippen molar-refractivity contribution in [1.29, 1.82) is 0 Å². The lowest BCUT2D eigenvalue weighted by Gasteiger charge is -2.15. The maximum atomic E-state index is 11.4. The van der Waals surface area contributed by atoms with Crippen LogP contribution in [-0.2, 0) is 0 Å². The highest BCUT2D eigenvalue weighted by Gasteiger charge is 2.06. The van der Waals surface area contributed by atoms with E-state index in [1.807, 2.05) is 45.0 Å². The SMILES string of the molecule is CCCNC(=O)NC(C)COc1ccc(C)cc1. The molecule has 0 aliphatic rings. The highest BCUT2D eigenvalue weighted by atomic mass is 16.5. The number of hydrogen-bond acceptors (Lipinski definition) is 2. The van der Waals surface area contributed by atoms with Gasteiger partial charge in [0.05, 0.1) is 6.04 Å². The zero-order valence-electron chi connectivity index (χ0n) is 11.3. The van der Waals surface area contributed by atoms with Crippen LogP contribution in [0, 0.1) is 6.92 Å². The number of benzene rings is 1. The lowest BCUT2D eigenvalue weighted by atomic mass is 10.2. The highest BCUT2D eigenvalue weighted by Crippen LogP contribution is 2.11. The molecular weight excluding hydrogens is 228 g/mol. The fourth-order valence-corrected chi connectivity index (χ4v) is 1.41. The lowest BCUT2D eigenvalue weighted by Crippen LogP contribution is -2.43. The number of aryl methyl sites for hydroxylation is 1. The molecule has 1 aromatic rings. The van der Waals surface area contributed by atoms with Gasteiger partial charge < -0.3 is 15.4 Å². The molecule has 0 aliphatic heterocycles. The number of hydrogen-bond donors (Lipinski definition) is 2. The molecule has 0 radical (unpaired) electrons. The Labute approximate surface area is 109 Å². The van der Waals surface area contributed by atoms with Gasteiger partial charge in [-0.1, -0.05) is 24.6 Å². The molecule has 2 N–H and O–H groups in total. The second-order valence-corrected chi connectivity index (χ2v) is 4.43. The van der Waals surface area contributed by atoms with Gasteiger partial charge in [0, 0.05) is 6.54 Å². The van der Waals surface area contributed by atoms with Gasteiger partial charge in [0.2, 0.25) is 0 Å². The van der Waals surface area contributed by atoms with Crippen molar-refractivity contribution in [3.8, 4) is 5.75 Å². The average molecular weight is 250 g/mol. The molecule has 2 amide bonds. The average Bonchev–Trinajstić information content (AvgIpc) is 2.35. The summed E-state index contributed by atoms with van der Waals surface area (Å²) in [6.07, 6.45) is 0.932. The lowest BCUT2D eigenvalue weighted by molar-refractivity contribution is 0.226. The van der Waals surface area contributed by atoms with E-state index in [2.05, 4.69) is 10.6 Å². The maximum absolute atomic E-state index is 11.4. The van der Waals surface area contributed by atoms with Crippen LogP contribution < -0.4 is 15.4 Å². The van der Waals surface area contributed by atoms with Crippen LogP contribution in [0.1, 0.15) is 25.8 Å². The Kier molecular flexibility index (Phi) is 6.05. The van der Waals surface area contributed by atoms with E-state index in [-0.39, 0.29) is 12.1 Å². The summed E-state index contributed by atoms with van der Waals surface area (Å²) < 4.78 is 5.59. The Balaban J connectivity index is 2.26. The van der Waals surface area contributed by atoms with Crippen LogP contribution in [0.4, 0.5) is 4.79 Å². The normalized spacial score (nSPS) is 11.7. The van der Waals surface area contributed by atoms with Crippen LogP contribution in [0.2, 0.25) is 0 Å². The molecule has 0 aromatic heterocycles. The zero-order chi connectivity index (χ0) is 13.4. The second-order valence-electron chi connectivity index (χ2n) is 4.43. The van der Waals surface area contributed by atoms with E-state index in [9.17, 15) is 4.79 Å². The Morgan fingerprint density at radius 1 is 1.33 bits per heavy atom. The summed E-state index contributed by atoms with van der Waals surface area (Å²) in [7, 11) is 0. The van der Waals surface area contributed by atoms with Crippen LogP contribution in [0.25, 0.3) is 0 Å². The number of ether oxygens (including phenoxy) is 1. The molecule has 1 unspecified atom stereocenters. The smallest absolute Gasteiger partial charge is 0.315 e. The van der Waals surface area contributed by atoms with Gasteiger partial charge in [-0.25, -0.2) is 4.79 Å². The van der Waals surface area contributed by atoms with Gasteiger partial charge >= 0.3 is 6.03 Å². The van der Waals surface area contributed by atoms with Gasteiger partial charge in [0.25, 0.3) is 0 Å². The molecule has 0 saturated carbocycles. The molecule has 100 valence electrons. The molecule has 4 nitrogen and oxygen atoms in total. The molecule has 4 heteroatoms. The van der Waals surface area contributed by atoms with Gasteiger partial charge in [0.1, 0.15) is 12.4 Å². The largest absolute Gasteiger partial charge is 0.491 e. The molecule has 18 heavy (non-hydrogen) atoms. The Morgan fingerprint density at radius 2 is 2.00 bits per heavy atom. The number of carbonyl (C=O) groups is 1. The van der Waals surface area contributed by atoms with Crippen LogP contribution >= 0.6 is 0 Å². The summed E-state index contributed by atoms with van der Waals surface area (Å²) in [5.74, 6) is 0.822. The van der Waals surface area contributed by atoms with Gasteiger partial charge in [0.15, 0.2) is 0 Å². The van der Waals surface area contributed by atoms with E-state index < -0.39 is 0 Å². The van der Waals surface area contributed by atoms with Crippen molar-refractivity contribution in [3.63, 3.8) is 0 Å². The number of rotatable bonds is 6. The van der Waals surface area contributed by atoms with E-state index in [4.69, 9.17) is 4.74 Å². The Bertz CT molecular complexity index is 363. The number of nitrogens with one attached hydrogen (secondary N) is 2. The quantitative estimate of drug-likeness (QED) is 0.815. The molecule has 0 spiro atoms. The third-order valence-corrected chi connectivity index (χ3v) is 2.43. The number of amides is 2. The summed E-state index contributed by atoms with van der Waals surface area (Å²) in [6.45, 7) is 7.12. The highest BCUT2D eigenvalue weighted by molar-refractivity contribution is 5.74. The van der Waals surface area contributed by atoms with E-state index >= 15 is 0 Å². The molecule has 0 bridgehead atoms. The van der Waals surface area contributed by atoms with Crippen LogP contribution in [-0.4, -0.2) is 25.2 Å². The minimum atomic E-state index is -0.142. The van der Waals surface area contributed by atoms with Crippen molar-refractivity contribution in [1.82, 2.24) is 10.6 Å². The van der Waals surface area contributed by atoms with Crippen LogP contribution in [0.5, 0.6) is 5.75 Å². The first-order valence-electron chi connectivity index (χ1n) is 6.35. The summed E-state index contributed by atoms with van der Waals surface area (Å²) in [4.78, 5) is 11.4. The van der Waals surface area contributed by atoms with Crippen LogP contribution in [0.3, 0.4) is 0 Å². The van der Waals surface area contributed by atoms with E-state index in [0.29, 0.717) is 13.2 Å². The van der Waals surface area contributed by atoms with E-state index in [1.165, 1.54) is 5.56 Å². The zero-order valence-corrected chi connectivity index (χ0v) is 11.3. The summed E-state index contributed by atoms with van der Waals surface area (Å²) >= 11 is 0. The van der Waals surface area contributed by atoms with Crippen LogP contribution in [0.15, 0.2) is 24.3 Å². The second kappa shape index (κ2) is 7.58. The van der Waals surface area contributed by atoms with Crippen molar-refractivity contribution in [2.45, 2.75) is 33.2 Å². The van der Waals surface area contributed by atoms with Crippen molar-refractivity contribution < 1.29 is 9.53 Å². The summed E-state index contributed by atoms with van der Waals surface area (Å²) in [6, 6.07) is 7.70. The van der Waals surface area contributed by atoms with Gasteiger partial charge in [-0.3, -0.25) is 0 Å². The molecule has 0 saturated heterocycles. The predicted molar refractivity (Wildman–Crippen MR) is 73.0 cm³/mol. The summed E-state index contributed by atoms with van der Waals surface area (Å²) in [5, 5.41) is 5.58. The fourth-order valence-electron chi connectivity index (χ4n) is 1.41. The van der Waals surface area contributed by atoms with Gasteiger partial charge in [-0.15, -0.1) is 0 Å². The minimum absolute atomic E-state index is 0.0249. The minimum Gasteiger partial charge on any atom is -0.491 e. The predicted octanol–water partition coefficient (Wildman–Crippen LogP) is 2.47. The fraction of sp³-hybridized carbons (Fsp3) is 0.500. The van der Waals surface area contributed by atoms with E-state index in [0.717, 1.165) is 12.2 Å². The molecule has 0 aliphatic carbocycles. The van der Waals surface area contributed by atoms with Crippen molar-refractivity contribution in [3.05, 3.63) is 29.8 Å². The number of urea groups is 1. The third-order valence-electron chi connectivity index (χ3n) is 2.43. The molecule has 0 heterocycles. The van der Waals surface area contributed by atoms with Gasteiger partial charge in [-0.05, 0) is 32.4 Å². The number of carbonyl (C=O) groups excluding carboxylic acids is 1. The van der Waals surface area contributed by atoms with E-state index in [1.54, 1.807) is 0 Å². The molecule has 1 aromatic carbocycles. The van der Waals surface area contributed by atoms with Gasteiger partial charge in [-0.2, -0.15) is 0 Å². The monoisotopic (exact) mass is 250 g/mol. The standard InChI is InChI=1S/C14H22N2O2/c1-4-9-15-14(17)16-12(3)10-18-13-7-5-11(2)6-8-13/h5-8,12H,4,9-10H2,1-3H3,(H2,15,16,17). The maximum Gasteiger partial charge on any atom is 0.315 e. The van der Waals surface area contributed by atoms with Crippen molar-refractivity contribution >= 4 is 6.03 Å². The topological polar surface area (TPSA) is 50.4 Å². The molecule has 1 atom stereocenters. The molecule has 1 rings (SSSR count). The summed E-state index contributed by atoms with van der Waals surface area (Å²) in [5.41, 5.74) is 1.20. The molecule has 0 fully saturated rings.